The van der Waals surface area contributed by atoms with Crippen molar-refractivity contribution in [3.05, 3.63) is 46.1 Å². The fourth-order valence-electron chi connectivity index (χ4n) is 2.40. The molecule has 108 valence electrons. The van der Waals surface area contributed by atoms with E-state index in [1.165, 1.54) is 10.7 Å². The highest BCUT2D eigenvalue weighted by atomic mass is 19.1. The van der Waals surface area contributed by atoms with E-state index in [4.69, 9.17) is 5.73 Å². The zero-order valence-corrected chi connectivity index (χ0v) is 12.1. The molecule has 0 amide bonds. The molecule has 20 heavy (non-hydrogen) atoms. The van der Waals surface area contributed by atoms with Crippen molar-refractivity contribution in [3.63, 3.8) is 0 Å². The van der Waals surface area contributed by atoms with Crippen molar-refractivity contribution in [2.75, 3.05) is 5.73 Å². The van der Waals surface area contributed by atoms with Gasteiger partial charge in [-0.3, -0.25) is 9.48 Å². The molecule has 4 nitrogen and oxygen atoms in total. The fourth-order valence-corrected chi connectivity index (χ4v) is 2.40. The van der Waals surface area contributed by atoms with E-state index in [2.05, 4.69) is 13.8 Å². The highest BCUT2D eigenvalue weighted by Crippen LogP contribution is 2.19. The van der Waals surface area contributed by atoms with Crippen LogP contribution >= 0.6 is 0 Å². The predicted molar refractivity (Wildman–Crippen MR) is 78.6 cm³/mol. The van der Waals surface area contributed by atoms with E-state index in [0.29, 0.717) is 18.9 Å². The second-order valence-corrected chi connectivity index (χ2v) is 5.24. The van der Waals surface area contributed by atoms with Crippen LogP contribution in [-0.2, 0) is 13.0 Å². The van der Waals surface area contributed by atoms with Gasteiger partial charge in [-0.2, -0.15) is 0 Å². The number of anilines is 1. The molecule has 0 saturated carbocycles. The lowest BCUT2D eigenvalue weighted by molar-refractivity contribution is 0.505. The lowest BCUT2D eigenvalue weighted by Gasteiger charge is -2.14. The van der Waals surface area contributed by atoms with Gasteiger partial charge in [-0.15, -0.1) is 0 Å². The van der Waals surface area contributed by atoms with Gasteiger partial charge >= 0.3 is 0 Å². The summed E-state index contributed by atoms with van der Waals surface area (Å²) in [5, 5.41) is 0. The first-order chi connectivity index (χ1) is 9.47. The fraction of sp³-hybridized carbons (Fsp3) is 0.400. The number of benzene rings is 1. The molecule has 0 spiro atoms. The van der Waals surface area contributed by atoms with E-state index in [9.17, 15) is 9.18 Å². The lowest BCUT2D eigenvalue weighted by atomic mass is 10.1. The molecule has 0 unspecified atom stereocenters. The quantitative estimate of drug-likeness (QED) is 0.934. The summed E-state index contributed by atoms with van der Waals surface area (Å²) in [5.74, 6) is -0.0659. The molecular weight excluding hydrogens is 257 g/mol. The van der Waals surface area contributed by atoms with Gasteiger partial charge in [0.2, 0.25) is 0 Å². The minimum atomic E-state index is -0.433. The molecule has 0 fully saturated rings. The third-order valence-electron chi connectivity index (χ3n) is 3.27. The number of aromatic nitrogens is 2. The Morgan fingerprint density at radius 3 is 2.50 bits per heavy atom. The van der Waals surface area contributed by atoms with Crippen LogP contribution in [0.1, 0.15) is 26.5 Å². The van der Waals surface area contributed by atoms with E-state index in [1.807, 2.05) is 6.92 Å². The van der Waals surface area contributed by atoms with Gasteiger partial charge in [0, 0.05) is 6.54 Å². The smallest absolute Gasteiger partial charge is 0.294 e. The monoisotopic (exact) mass is 277 g/mol. The Bertz CT molecular complexity index is 670. The number of para-hydroxylation sites is 1. The average molecular weight is 277 g/mol. The summed E-state index contributed by atoms with van der Waals surface area (Å²) in [6.07, 6.45) is 0.691. The van der Waals surface area contributed by atoms with Crippen molar-refractivity contribution in [1.29, 1.82) is 0 Å². The van der Waals surface area contributed by atoms with E-state index in [-0.39, 0.29) is 16.9 Å². The maximum absolute atomic E-state index is 14.0. The molecular formula is C15H20FN3O. The highest BCUT2D eigenvalue weighted by Gasteiger charge is 2.20. The van der Waals surface area contributed by atoms with Crippen molar-refractivity contribution in [2.24, 2.45) is 5.92 Å². The van der Waals surface area contributed by atoms with E-state index in [0.717, 1.165) is 5.69 Å². The number of nitrogens with two attached hydrogens (primary N) is 1. The van der Waals surface area contributed by atoms with Gasteiger partial charge in [0.25, 0.3) is 5.56 Å². The molecule has 0 aliphatic heterocycles. The van der Waals surface area contributed by atoms with Crippen LogP contribution in [0.3, 0.4) is 0 Å². The van der Waals surface area contributed by atoms with Crippen LogP contribution in [0.5, 0.6) is 0 Å². The Balaban J connectivity index is 2.71. The molecule has 1 heterocycles. The number of hydrogen-bond acceptors (Lipinski definition) is 2. The van der Waals surface area contributed by atoms with Crippen LogP contribution in [0.4, 0.5) is 10.1 Å². The number of nitrogen functional groups attached to an aromatic ring is 1. The Morgan fingerprint density at radius 1 is 1.30 bits per heavy atom. The third kappa shape index (κ3) is 2.35. The number of hydrogen-bond donors (Lipinski definition) is 1. The zero-order valence-electron chi connectivity index (χ0n) is 12.1. The van der Waals surface area contributed by atoms with Crippen LogP contribution in [0.2, 0.25) is 0 Å². The summed E-state index contributed by atoms with van der Waals surface area (Å²) in [7, 11) is 0. The minimum Gasteiger partial charge on any atom is -0.393 e. The summed E-state index contributed by atoms with van der Waals surface area (Å²) in [4.78, 5) is 12.4. The minimum absolute atomic E-state index is 0.212. The van der Waals surface area contributed by atoms with Crippen LogP contribution in [0.15, 0.2) is 29.1 Å². The van der Waals surface area contributed by atoms with Crippen LogP contribution in [0.25, 0.3) is 5.69 Å². The topological polar surface area (TPSA) is 52.9 Å². The second kappa shape index (κ2) is 5.53. The normalized spacial score (nSPS) is 11.2. The number of rotatable bonds is 4. The first-order valence-electron chi connectivity index (χ1n) is 6.82. The summed E-state index contributed by atoms with van der Waals surface area (Å²) >= 11 is 0. The van der Waals surface area contributed by atoms with Crippen LogP contribution in [-0.4, -0.2) is 9.36 Å². The molecule has 0 bridgehead atoms. The molecule has 5 heteroatoms. The highest BCUT2D eigenvalue weighted by molar-refractivity contribution is 5.46. The van der Waals surface area contributed by atoms with Crippen molar-refractivity contribution in [1.82, 2.24) is 9.36 Å². The van der Waals surface area contributed by atoms with Crippen molar-refractivity contribution in [2.45, 2.75) is 33.7 Å². The van der Waals surface area contributed by atoms with E-state index in [1.54, 1.807) is 22.9 Å². The first kappa shape index (κ1) is 14.4. The maximum atomic E-state index is 14.0. The van der Waals surface area contributed by atoms with Crippen molar-refractivity contribution in [3.8, 4) is 5.69 Å². The first-order valence-corrected chi connectivity index (χ1v) is 6.82. The molecule has 0 aliphatic rings. The Labute approximate surface area is 117 Å². The molecule has 1 aromatic heterocycles. The maximum Gasteiger partial charge on any atom is 0.294 e. The van der Waals surface area contributed by atoms with Gasteiger partial charge in [0.1, 0.15) is 17.2 Å². The SMILES string of the molecule is CCn1c(CC(C)C)c(N)c(=O)n1-c1ccccc1F. The summed E-state index contributed by atoms with van der Waals surface area (Å²) < 4.78 is 17.1. The standard InChI is InChI=1S/C15H20FN3O/c1-4-18-13(9-10(2)3)14(17)15(20)19(18)12-8-6-5-7-11(12)16/h5-8,10H,4,9,17H2,1-3H3. The van der Waals surface area contributed by atoms with Gasteiger partial charge in [0.15, 0.2) is 0 Å². The molecule has 2 rings (SSSR count). The van der Waals surface area contributed by atoms with Crippen LogP contribution in [0, 0.1) is 11.7 Å². The molecule has 0 atom stereocenters. The summed E-state index contributed by atoms with van der Waals surface area (Å²) in [5.41, 5.74) is 6.81. The molecule has 0 saturated heterocycles. The summed E-state index contributed by atoms with van der Waals surface area (Å²) in [6, 6.07) is 6.23. The number of halogens is 1. The molecule has 0 aliphatic carbocycles. The van der Waals surface area contributed by atoms with E-state index >= 15 is 0 Å². The Morgan fingerprint density at radius 2 is 1.95 bits per heavy atom. The molecule has 2 aromatic rings. The Hall–Kier alpha value is -2.04. The van der Waals surface area contributed by atoms with Gasteiger partial charge < -0.3 is 5.73 Å². The van der Waals surface area contributed by atoms with Gasteiger partial charge in [0.05, 0.1) is 5.69 Å². The summed E-state index contributed by atoms with van der Waals surface area (Å²) in [6.45, 7) is 6.59. The van der Waals surface area contributed by atoms with Gasteiger partial charge in [-0.1, -0.05) is 26.0 Å². The van der Waals surface area contributed by atoms with E-state index < -0.39 is 5.82 Å². The van der Waals surface area contributed by atoms with Crippen LogP contribution < -0.4 is 11.3 Å². The van der Waals surface area contributed by atoms with Crippen molar-refractivity contribution < 1.29 is 4.39 Å². The zero-order chi connectivity index (χ0) is 14.9. The largest absolute Gasteiger partial charge is 0.393 e. The second-order valence-electron chi connectivity index (χ2n) is 5.24. The lowest BCUT2D eigenvalue weighted by Crippen LogP contribution is -2.23. The van der Waals surface area contributed by atoms with Crippen molar-refractivity contribution >= 4 is 5.69 Å². The average Bonchev–Trinajstić information content (AvgIpc) is 2.63. The van der Waals surface area contributed by atoms with Gasteiger partial charge in [-0.25, -0.2) is 9.07 Å². The Kier molecular flexibility index (Phi) is 3.97. The molecule has 1 aromatic carbocycles. The van der Waals surface area contributed by atoms with Gasteiger partial charge in [-0.05, 0) is 31.4 Å². The molecule has 0 radical (unpaired) electrons. The third-order valence-corrected chi connectivity index (χ3v) is 3.27. The molecule has 2 N–H and O–H groups in total. The predicted octanol–water partition coefficient (Wildman–Crippen LogP) is 2.58. The number of nitrogens with zero attached hydrogens (tertiary/aromatic N) is 2.